The average Bonchev–Trinajstić information content (AvgIpc) is 2.00. The Kier molecular flexibility index (Phi) is 5.34. The van der Waals surface area contributed by atoms with E-state index in [1.807, 2.05) is 19.9 Å². The van der Waals surface area contributed by atoms with Crippen LogP contribution in [0, 0.1) is 5.41 Å². The maximum absolute atomic E-state index is 11.1. The summed E-state index contributed by atoms with van der Waals surface area (Å²) in [5, 5.41) is 0. The smallest absolute Gasteiger partial charge is 0.330 e. The SMILES string of the molecule is C/C(=C\C=C/C(=O)OC(C)C)C(C)(C)C. The first kappa shape index (κ1) is 13.9. The molecule has 0 N–H and O–H groups in total. The lowest BCUT2D eigenvalue weighted by Crippen LogP contribution is -2.08. The van der Waals surface area contributed by atoms with Gasteiger partial charge in [-0.25, -0.2) is 4.79 Å². The highest BCUT2D eigenvalue weighted by molar-refractivity contribution is 5.82. The molecule has 0 saturated carbocycles. The summed E-state index contributed by atoms with van der Waals surface area (Å²) in [7, 11) is 0. The van der Waals surface area contributed by atoms with Gasteiger partial charge in [-0.3, -0.25) is 0 Å². The van der Waals surface area contributed by atoms with E-state index in [0.29, 0.717) is 0 Å². The molecule has 0 aromatic rings. The maximum atomic E-state index is 11.1. The van der Waals surface area contributed by atoms with E-state index in [-0.39, 0.29) is 17.5 Å². The molecule has 0 fully saturated rings. The minimum atomic E-state index is -0.289. The Hall–Kier alpha value is -1.05. The van der Waals surface area contributed by atoms with Crippen molar-refractivity contribution >= 4 is 5.97 Å². The summed E-state index contributed by atoms with van der Waals surface area (Å²) < 4.78 is 4.96. The number of carbonyl (C=O) groups is 1. The van der Waals surface area contributed by atoms with Gasteiger partial charge in [0.2, 0.25) is 0 Å². The Bertz CT molecular complexity index is 265. The van der Waals surface area contributed by atoms with Crippen molar-refractivity contribution in [3.63, 3.8) is 0 Å². The van der Waals surface area contributed by atoms with Crippen molar-refractivity contribution < 1.29 is 9.53 Å². The molecule has 2 nitrogen and oxygen atoms in total. The molecular weight excluding hydrogens is 188 g/mol. The molecule has 0 aromatic carbocycles. The van der Waals surface area contributed by atoms with E-state index in [1.165, 1.54) is 11.6 Å². The fourth-order valence-electron chi connectivity index (χ4n) is 0.793. The van der Waals surface area contributed by atoms with Crippen LogP contribution >= 0.6 is 0 Å². The van der Waals surface area contributed by atoms with Crippen LogP contribution in [0.1, 0.15) is 41.5 Å². The van der Waals surface area contributed by atoms with E-state index in [9.17, 15) is 4.79 Å². The molecule has 86 valence electrons. The standard InChI is InChI=1S/C13H22O2/c1-10(2)15-12(14)9-7-8-11(3)13(4,5)6/h7-10H,1-6H3/b9-7-,11-8+. The van der Waals surface area contributed by atoms with Crippen LogP contribution in [0.15, 0.2) is 23.8 Å². The Morgan fingerprint density at radius 3 is 2.20 bits per heavy atom. The highest BCUT2D eigenvalue weighted by Crippen LogP contribution is 2.23. The van der Waals surface area contributed by atoms with E-state index < -0.39 is 0 Å². The summed E-state index contributed by atoms with van der Waals surface area (Å²) in [6.07, 6.45) is 5.08. The van der Waals surface area contributed by atoms with Gasteiger partial charge in [-0.2, -0.15) is 0 Å². The first-order chi connectivity index (χ1) is 6.73. The molecule has 2 heteroatoms. The quantitative estimate of drug-likeness (QED) is 0.405. The van der Waals surface area contributed by atoms with Crippen LogP contribution in [0.25, 0.3) is 0 Å². The Balaban J connectivity index is 4.26. The number of hydrogen-bond donors (Lipinski definition) is 0. The number of hydrogen-bond acceptors (Lipinski definition) is 2. The monoisotopic (exact) mass is 210 g/mol. The maximum Gasteiger partial charge on any atom is 0.330 e. The minimum absolute atomic E-state index is 0.0603. The minimum Gasteiger partial charge on any atom is -0.460 e. The average molecular weight is 210 g/mol. The third kappa shape index (κ3) is 6.95. The van der Waals surface area contributed by atoms with Crippen molar-refractivity contribution in [2.24, 2.45) is 5.41 Å². The Morgan fingerprint density at radius 1 is 1.27 bits per heavy atom. The number of rotatable bonds is 3. The van der Waals surface area contributed by atoms with Crippen molar-refractivity contribution in [3.05, 3.63) is 23.8 Å². The lowest BCUT2D eigenvalue weighted by atomic mass is 9.87. The normalized spacial score (nSPS) is 13.7. The first-order valence-electron chi connectivity index (χ1n) is 5.29. The lowest BCUT2D eigenvalue weighted by molar-refractivity contribution is -0.141. The fourth-order valence-corrected chi connectivity index (χ4v) is 0.793. The van der Waals surface area contributed by atoms with E-state index in [2.05, 4.69) is 27.7 Å². The molecule has 15 heavy (non-hydrogen) atoms. The molecular formula is C13H22O2. The van der Waals surface area contributed by atoms with Crippen LogP contribution in [0.3, 0.4) is 0 Å². The third-order valence-corrected chi connectivity index (χ3v) is 2.11. The molecule has 0 atom stereocenters. The van der Waals surface area contributed by atoms with Gasteiger partial charge >= 0.3 is 5.97 Å². The molecule has 0 amide bonds. The molecule has 0 aliphatic rings. The highest BCUT2D eigenvalue weighted by atomic mass is 16.5. The lowest BCUT2D eigenvalue weighted by Gasteiger charge is -2.18. The van der Waals surface area contributed by atoms with Crippen molar-refractivity contribution in [1.29, 1.82) is 0 Å². The van der Waals surface area contributed by atoms with Gasteiger partial charge < -0.3 is 4.74 Å². The van der Waals surface area contributed by atoms with E-state index >= 15 is 0 Å². The van der Waals surface area contributed by atoms with Gasteiger partial charge in [0.1, 0.15) is 0 Å². The summed E-state index contributed by atoms with van der Waals surface area (Å²) in [6, 6.07) is 0. The van der Waals surface area contributed by atoms with Crippen LogP contribution in [-0.2, 0) is 9.53 Å². The predicted octanol–water partition coefficient (Wildman–Crippen LogP) is 3.49. The number of allylic oxidation sites excluding steroid dienone is 3. The number of esters is 1. The summed E-state index contributed by atoms with van der Waals surface area (Å²) in [4.78, 5) is 11.1. The summed E-state index contributed by atoms with van der Waals surface area (Å²) in [6.45, 7) is 12.1. The van der Waals surface area contributed by atoms with Crippen LogP contribution in [0.5, 0.6) is 0 Å². The fraction of sp³-hybridized carbons (Fsp3) is 0.615. The molecule has 0 aliphatic heterocycles. The highest BCUT2D eigenvalue weighted by Gasteiger charge is 2.10. The van der Waals surface area contributed by atoms with Gasteiger partial charge in [-0.1, -0.05) is 38.5 Å². The van der Waals surface area contributed by atoms with Crippen molar-refractivity contribution in [3.8, 4) is 0 Å². The molecule has 0 radical (unpaired) electrons. The zero-order chi connectivity index (χ0) is 12.1. The van der Waals surface area contributed by atoms with Crippen LogP contribution in [0.4, 0.5) is 0 Å². The molecule has 0 bridgehead atoms. The van der Waals surface area contributed by atoms with Gasteiger partial charge in [-0.15, -0.1) is 0 Å². The molecule has 0 aliphatic carbocycles. The van der Waals surface area contributed by atoms with Crippen LogP contribution in [0.2, 0.25) is 0 Å². The molecule has 0 unspecified atom stereocenters. The third-order valence-electron chi connectivity index (χ3n) is 2.11. The van der Waals surface area contributed by atoms with Crippen molar-refractivity contribution in [2.75, 3.05) is 0 Å². The molecule has 0 heterocycles. The zero-order valence-corrected chi connectivity index (χ0v) is 10.6. The second-order valence-electron chi connectivity index (χ2n) is 4.94. The van der Waals surface area contributed by atoms with E-state index in [4.69, 9.17) is 4.74 Å². The largest absolute Gasteiger partial charge is 0.460 e. The second-order valence-corrected chi connectivity index (χ2v) is 4.94. The molecule has 0 rings (SSSR count). The van der Waals surface area contributed by atoms with Crippen molar-refractivity contribution in [1.82, 2.24) is 0 Å². The van der Waals surface area contributed by atoms with Crippen LogP contribution < -0.4 is 0 Å². The van der Waals surface area contributed by atoms with Gasteiger partial charge in [-0.05, 0) is 26.2 Å². The molecule has 0 spiro atoms. The summed E-state index contributed by atoms with van der Waals surface area (Å²) in [5.41, 5.74) is 1.38. The van der Waals surface area contributed by atoms with Gasteiger partial charge in [0, 0.05) is 6.08 Å². The number of ether oxygens (including phenoxy) is 1. The van der Waals surface area contributed by atoms with Crippen LogP contribution in [-0.4, -0.2) is 12.1 Å². The summed E-state index contributed by atoms with van der Waals surface area (Å²) in [5.74, 6) is -0.289. The second kappa shape index (κ2) is 5.74. The van der Waals surface area contributed by atoms with Gasteiger partial charge in [0.15, 0.2) is 0 Å². The van der Waals surface area contributed by atoms with E-state index in [1.54, 1.807) is 6.08 Å². The van der Waals surface area contributed by atoms with Gasteiger partial charge in [0.25, 0.3) is 0 Å². The number of carbonyl (C=O) groups excluding carboxylic acids is 1. The predicted molar refractivity (Wildman–Crippen MR) is 63.6 cm³/mol. The van der Waals surface area contributed by atoms with E-state index in [0.717, 1.165) is 0 Å². The molecule has 0 saturated heterocycles. The first-order valence-corrected chi connectivity index (χ1v) is 5.29. The van der Waals surface area contributed by atoms with Gasteiger partial charge in [0.05, 0.1) is 6.10 Å². The van der Waals surface area contributed by atoms with Crippen molar-refractivity contribution in [2.45, 2.75) is 47.6 Å². The Labute approximate surface area is 93.0 Å². The molecule has 0 aromatic heterocycles. The zero-order valence-electron chi connectivity index (χ0n) is 10.6. The topological polar surface area (TPSA) is 26.3 Å². The Morgan fingerprint density at radius 2 is 1.80 bits per heavy atom. The summed E-state index contributed by atoms with van der Waals surface area (Å²) >= 11 is 0.